The summed E-state index contributed by atoms with van der Waals surface area (Å²) in [6, 6.07) is 9.38. The van der Waals surface area contributed by atoms with Gasteiger partial charge in [0, 0.05) is 11.3 Å². The Morgan fingerprint density at radius 1 is 1.00 bits per heavy atom. The number of anilines is 1. The number of aromatic carboxylic acids is 1. The van der Waals surface area contributed by atoms with E-state index in [0.29, 0.717) is 5.69 Å². The highest BCUT2D eigenvalue weighted by atomic mass is 35.5. The first-order chi connectivity index (χ1) is 9.88. The largest absolute Gasteiger partial charge is 0.545 e. The Labute approximate surface area is 131 Å². The van der Waals surface area contributed by atoms with Gasteiger partial charge in [-0.15, -0.1) is 0 Å². The Balaban J connectivity index is 2.36. The lowest BCUT2D eigenvalue weighted by molar-refractivity contribution is -0.255. The van der Waals surface area contributed by atoms with Crippen molar-refractivity contribution in [2.45, 2.75) is 6.92 Å². The predicted octanol–water partition coefficient (Wildman–Crippen LogP) is 2.92. The standard InChI is InChI=1S/C15H11Cl2NO3/c1-8-2-4-9(5-3-8)18-14(19)10-6-12(16)13(17)7-11(10)15(20)21/h2-7H,1H3,(H,18,19)(H,20,21)/p-1. The highest BCUT2D eigenvalue weighted by Gasteiger charge is 2.15. The summed E-state index contributed by atoms with van der Waals surface area (Å²) in [7, 11) is 0. The summed E-state index contributed by atoms with van der Waals surface area (Å²) in [6.07, 6.45) is 0. The lowest BCUT2D eigenvalue weighted by atomic mass is 10.1. The zero-order valence-corrected chi connectivity index (χ0v) is 12.5. The molecule has 0 atom stereocenters. The minimum absolute atomic E-state index is 0.0442. The third kappa shape index (κ3) is 3.54. The second-order valence-electron chi connectivity index (χ2n) is 4.42. The maximum absolute atomic E-state index is 12.2. The number of nitrogens with one attached hydrogen (secondary N) is 1. The van der Waals surface area contributed by atoms with Crippen LogP contribution in [0.15, 0.2) is 36.4 Å². The molecule has 0 unspecified atom stereocenters. The summed E-state index contributed by atoms with van der Waals surface area (Å²) in [5, 5.41) is 13.8. The molecule has 0 radical (unpaired) electrons. The highest BCUT2D eigenvalue weighted by molar-refractivity contribution is 6.42. The minimum Gasteiger partial charge on any atom is -0.545 e. The van der Waals surface area contributed by atoms with Crippen molar-refractivity contribution in [3.8, 4) is 0 Å². The Bertz CT molecular complexity index is 712. The Kier molecular flexibility index (Phi) is 4.50. The van der Waals surface area contributed by atoms with Crippen LogP contribution in [0.5, 0.6) is 0 Å². The van der Waals surface area contributed by atoms with E-state index in [9.17, 15) is 14.7 Å². The molecular formula is C15H10Cl2NO3-. The van der Waals surface area contributed by atoms with E-state index in [1.807, 2.05) is 19.1 Å². The van der Waals surface area contributed by atoms with Gasteiger partial charge >= 0.3 is 0 Å². The first-order valence-electron chi connectivity index (χ1n) is 5.97. The number of carbonyl (C=O) groups is 2. The number of carboxylic acid groups (broad SMARTS) is 1. The summed E-state index contributed by atoms with van der Waals surface area (Å²) in [4.78, 5) is 23.3. The second-order valence-corrected chi connectivity index (χ2v) is 5.23. The van der Waals surface area contributed by atoms with Crippen molar-refractivity contribution in [3.05, 3.63) is 63.1 Å². The van der Waals surface area contributed by atoms with Crippen molar-refractivity contribution < 1.29 is 14.7 Å². The van der Waals surface area contributed by atoms with E-state index in [0.717, 1.165) is 11.6 Å². The quantitative estimate of drug-likeness (QED) is 0.944. The molecule has 108 valence electrons. The molecule has 2 aromatic carbocycles. The lowest BCUT2D eigenvalue weighted by Crippen LogP contribution is -2.26. The molecule has 0 heterocycles. The van der Waals surface area contributed by atoms with E-state index in [1.165, 1.54) is 6.07 Å². The second kappa shape index (κ2) is 6.16. The number of amides is 1. The molecule has 2 rings (SSSR count). The van der Waals surface area contributed by atoms with Crippen LogP contribution in [0.2, 0.25) is 10.0 Å². The monoisotopic (exact) mass is 322 g/mol. The predicted molar refractivity (Wildman–Crippen MR) is 79.9 cm³/mol. The number of hydrogen-bond donors (Lipinski definition) is 1. The van der Waals surface area contributed by atoms with E-state index < -0.39 is 11.9 Å². The molecule has 0 fully saturated rings. The molecule has 1 N–H and O–H groups in total. The van der Waals surface area contributed by atoms with Gasteiger partial charge in [-0.1, -0.05) is 40.9 Å². The van der Waals surface area contributed by atoms with Gasteiger partial charge in [0.1, 0.15) is 0 Å². The van der Waals surface area contributed by atoms with E-state index in [-0.39, 0.29) is 21.2 Å². The summed E-state index contributed by atoms with van der Waals surface area (Å²) in [5.74, 6) is -2.10. The van der Waals surface area contributed by atoms with Crippen LogP contribution in [-0.2, 0) is 0 Å². The number of hydrogen-bond acceptors (Lipinski definition) is 3. The van der Waals surface area contributed by atoms with Crippen molar-refractivity contribution >= 4 is 40.8 Å². The van der Waals surface area contributed by atoms with E-state index >= 15 is 0 Å². The number of rotatable bonds is 3. The molecule has 0 aliphatic rings. The number of aryl methyl sites for hydroxylation is 1. The smallest absolute Gasteiger partial charge is 0.256 e. The minimum atomic E-state index is -1.50. The molecule has 0 aliphatic heterocycles. The van der Waals surface area contributed by atoms with E-state index in [2.05, 4.69) is 5.32 Å². The third-order valence-electron chi connectivity index (χ3n) is 2.83. The number of carbonyl (C=O) groups excluding carboxylic acids is 2. The van der Waals surface area contributed by atoms with Crippen LogP contribution >= 0.6 is 23.2 Å². The van der Waals surface area contributed by atoms with Crippen LogP contribution in [0.4, 0.5) is 5.69 Å². The first-order valence-corrected chi connectivity index (χ1v) is 6.72. The van der Waals surface area contributed by atoms with Gasteiger partial charge < -0.3 is 15.2 Å². The summed E-state index contributed by atoms with van der Waals surface area (Å²) in [5.41, 5.74) is 1.16. The molecular weight excluding hydrogens is 313 g/mol. The Morgan fingerprint density at radius 3 is 2.05 bits per heavy atom. The molecule has 21 heavy (non-hydrogen) atoms. The Morgan fingerprint density at radius 2 is 1.52 bits per heavy atom. The summed E-state index contributed by atoms with van der Waals surface area (Å²) >= 11 is 11.6. The van der Waals surface area contributed by atoms with Crippen LogP contribution in [-0.4, -0.2) is 11.9 Å². The molecule has 0 saturated heterocycles. The van der Waals surface area contributed by atoms with Gasteiger partial charge in [-0.3, -0.25) is 4.79 Å². The maximum Gasteiger partial charge on any atom is 0.256 e. The van der Waals surface area contributed by atoms with Gasteiger partial charge in [0.25, 0.3) is 5.91 Å². The normalized spacial score (nSPS) is 10.2. The highest BCUT2D eigenvalue weighted by Crippen LogP contribution is 2.26. The fraction of sp³-hybridized carbons (Fsp3) is 0.0667. The van der Waals surface area contributed by atoms with Crippen LogP contribution in [0.25, 0.3) is 0 Å². The SMILES string of the molecule is Cc1ccc(NC(=O)c2cc(Cl)c(Cl)cc2C(=O)[O-])cc1. The summed E-state index contributed by atoms with van der Waals surface area (Å²) < 4.78 is 0. The topological polar surface area (TPSA) is 69.2 Å². The fourth-order valence-corrected chi connectivity index (χ4v) is 2.07. The fourth-order valence-electron chi connectivity index (χ4n) is 1.74. The molecule has 4 nitrogen and oxygen atoms in total. The van der Waals surface area contributed by atoms with Crippen LogP contribution in [0, 0.1) is 6.92 Å². The van der Waals surface area contributed by atoms with Crippen LogP contribution < -0.4 is 10.4 Å². The van der Waals surface area contributed by atoms with Gasteiger partial charge in [0.15, 0.2) is 0 Å². The van der Waals surface area contributed by atoms with Crippen molar-refractivity contribution in [1.82, 2.24) is 0 Å². The molecule has 0 saturated carbocycles. The summed E-state index contributed by atoms with van der Waals surface area (Å²) in [6.45, 7) is 1.92. The lowest BCUT2D eigenvalue weighted by Gasteiger charge is -2.12. The van der Waals surface area contributed by atoms with Gasteiger partial charge in [-0.05, 0) is 31.2 Å². The van der Waals surface area contributed by atoms with Gasteiger partial charge in [0.05, 0.1) is 21.6 Å². The zero-order chi connectivity index (χ0) is 15.6. The molecule has 2 aromatic rings. The van der Waals surface area contributed by atoms with Crippen molar-refractivity contribution in [3.63, 3.8) is 0 Å². The van der Waals surface area contributed by atoms with Crippen molar-refractivity contribution in [1.29, 1.82) is 0 Å². The molecule has 1 amide bonds. The average molecular weight is 323 g/mol. The first kappa shape index (κ1) is 15.4. The van der Waals surface area contributed by atoms with Gasteiger partial charge in [-0.2, -0.15) is 0 Å². The molecule has 0 aliphatic carbocycles. The molecule has 6 heteroatoms. The number of benzene rings is 2. The van der Waals surface area contributed by atoms with Crippen molar-refractivity contribution in [2.75, 3.05) is 5.32 Å². The maximum atomic E-state index is 12.2. The van der Waals surface area contributed by atoms with E-state index in [1.54, 1.807) is 12.1 Å². The molecule has 0 bridgehead atoms. The zero-order valence-electron chi connectivity index (χ0n) is 10.9. The van der Waals surface area contributed by atoms with Crippen LogP contribution in [0.3, 0.4) is 0 Å². The van der Waals surface area contributed by atoms with Crippen molar-refractivity contribution in [2.24, 2.45) is 0 Å². The van der Waals surface area contributed by atoms with Crippen LogP contribution in [0.1, 0.15) is 26.3 Å². The van der Waals surface area contributed by atoms with E-state index in [4.69, 9.17) is 23.2 Å². The number of halogens is 2. The third-order valence-corrected chi connectivity index (χ3v) is 3.56. The number of carboxylic acids is 1. The Hall–Kier alpha value is -2.04. The van der Waals surface area contributed by atoms with Gasteiger partial charge in [0.2, 0.25) is 0 Å². The average Bonchev–Trinajstić information content (AvgIpc) is 2.43. The molecule has 0 aromatic heterocycles. The van der Waals surface area contributed by atoms with Gasteiger partial charge in [-0.25, -0.2) is 0 Å². The molecule has 0 spiro atoms.